The van der Waals surface area contributed by atoms with Crippen LogP contribution in [0.2, 0.25) is 0 Å². The summed E-state index contributed by atoms with van der Waals surface area (Å²) < 4.78 is 0. The van der Waals surface area contributed by atoms with Crippen LogP contribution in [0, 0.1) is 6.92 Å². The van der Waals surface area contributed by atoms with Crippen molar-refractivity contribution < 1.29 is 5.11 Å². The first-order valence-electron chi connectivity index (χ1n) is 10.8. The van der Waals surface area contributed by atoms with Crippen LogP contribution < -0.4 is 5.73 Å². The number of anilines is 1. The average Bonchev–Trinajstić information content (AvgIpc) is 2.69. The number of phenols is 1. The summed E-state index contributed by atoms with van der Waals surface area (Å²) in [6, 6.07) is 18.2. The van der Waals surface area contributed by atoms with Crippen molar-refractivity contribution in [2.45, 2.75) is 69.1 Å². The zero-order valence-corrected chi connectivity index (χ0v) is 20.8. The van der Waals surface area contributed by atoms with Gasteiger partial charge in [0.2, 0.25) is 0 Å². The van der Waals surface area contributed by atoms with Crippen molar-refractivity contribution in [1.82, 2.24) is 0 Å². The summed E-state index contributed by atoms with van der Waals surface area (Å²) in [7, 11) is 0. The van der Waals surface area contributed by atoms with E-state index < -0.39 is 0 Å². The molecule has 0 amide bonds. The molecule has 0 aliphatic heterocycles. The highest BCUT2D eigenvalue weighted by atomic mass is 32.2. The van der Waals surface area contributed by atoms with Gasteiger partial charge in [0.25, 0.3) is 0 Å². The highest BCUT2D eigenvalue weighted by Gasteiger charge is 2.21. The van der Waals surface area contributed by atoms with Crippen molar-refractivity contribution in [3.63, 3.8) is 0 Å². The van der Waals surface area contributed by atoms with Crippen molar-refractivity contribution in [3.8, 4) is 5.75 Å². The molecule has 0 bridgehead atoms. The molecule has 0 radical (unpaired) electrons. The minimum absolute atomic E-state index is 0.131. The topological polar surface area (TPSA) is 71.0 Å². The van der Waals surface area contributed by atoms with Crippen molar-refractivity contribution >= 4 is 28.8 Å². The number of benzene rings is 3. The minimum atomic E-state index is -0.196. The van der Waals surface area contributed by atoms with E-state index in [1.165, 1.54) is 5.56 Å². The third-order valence-electron chi connectivity index (χ3n) is 5.27. The molecule has 0 aliphatic rings. The second-order valence-corrected chi connectivity index (χ2v) is 11.4. The van der Waals surface area contributed by atoms with E-state index in [1.807, 2.05) is 37.3 Å². The van der Waals surface area contributed by atoms with Crippen LogP contribution in [0.3, 0.4) is 0 Å². The molecule has 5 heteroatoms. The second kappa shape index (κ2) is 8.99. The normalized spacial score (nSPS) is 12.5. The summed E-state index contributed by atoms with van der Waals surface area (Å²) in [5.74, 6) is 0.162. The van der Waals surface area contributed by atoms with Gasteiger partial charge >= 0.3 is 0 Å². The summed E-state index contributed by atoms with van der Waals surface area (Å²) in [6.07, 6.45) is 0. The summed E-state index contributed by atoms with van der Waals surface area (Å²) in [5, 5.41) is 19.5. The Labute approximate surface area is 196 Å². The van der Waals surface area contributed by atoms with Crippen LogP contribution in [0.25, 0.3) is 0 Å². The minimum Gasteiger partial charge on any atom is -0.505 e. The van der Waals surface area contributed by atoms with E-state index in [-0.39, 0.29) is 16.6 Å². The lowest BCUT2D eigenvalue weighted by atomic mass is 9.85. The molecule has 4 nitrogen and oxygen atoms in total. The van der Waals surface area contributed by atoms with Gasteiger partial charge in [-0.1, -0.05) is 71.5 Å². The molecule has 3 aromatic carbocycles. The Kier molecular flexibility index (Phi) is 6.70. The second-order valence-electron chi connectivity index (χ2n) is 10.2. The first kappa shape index (κ1) is 23.9. The molecule has 3 rings (SSSR count). The Morgan fingerprint density at radius 3 is 1.94 bits per heavy atom. The quantitative estimate of drug-likeness (QED) is 0.311. The van der Waals surface area contributed by atoms with Crippen molar-refractivity contribution in [2.24, 2.45) is 10.2 Å². The van der Waals surface area contributed by atoms with E-state index >= 15 is 0 Å². The van der Waals surface area contributed by atoms with E-state index in [0.29, 0.717) is 17.1 Å². The average molecular weight is 448 g/mol. The molecule has 32 heavy (non-hydrogen) atoms. The first-order chi connectivity index (χ1) is 14.8. The number of aromatic hydroxyl groups is 1. The number of nitrogens with zero attached hydrogens (tertiary/aromatic N) is 2. The third kappa shape index (κ3) is 5.71. The van der Waals surface area contributed by atoms with E-state index in [0.717, 1.165) is 20.9 Å². The number of rotatable bonds is 4. The summed E-state index contributed by atoms with van der Waals surface area (Å²) in [4.78, 5) is 2.18. The Morgan fingerprint density at radius 1 is 0.750 bits per heavy atom. The van der Waals surface area contributed by atoms with Gasteiger partial charge in [0.1, 0.15) is 17.1 Å². The third-order valence-corrected chi connectivity index (χ3v) is 6.26. The molecule has 3 aromatic rings. The van der Waals surface area contributed by atoms with Crippen LogP contribution in [0.1, 0.15) is 58.2 Å². The first-order valence-corrected chi connectivity index (χ1v) is 11.6. The van der Waals surface area contributed by atoms with Crippen molar-refractivity contribution in [1.29, 1.82) is 0 Å². The molecule has 0 saturated heterocycles. The number of hydrogen-bond acceptors (Lipinski definition) is 5. The highest BCUT2D eigenvalue weighted by molar-refractivity contribution is 7.99. The van der Waals surface area contributed by atoms with Gasteiger partial charge in [-0.25, -0.2) is 0 Å². The molecule has 0 spiro atoms. The van der Waals surface area contributed by atoms with E-state index in [1.54, 1.807) is 11.8 Å². The van der Waals surface area contributed by atoms with Crippen LogP contribution >= 0.6 is 11.8 Å². The Balaban J connectivity index is 1.87. The van der Waals surface area contributed by atoms with Gasteiger partial charge in [-0.3, -0.25) is 0 Å². The molecule has 0 aliphatic carbocycles. The van der Waals surface area contributed by atoms with E-state index in [2.05, 4.69) is 76.0 Å². The number of aryl methyl sites for hydroxylation is 1. The lowest BCUT2D eigenvalue weighted by molar-refractivity contribution is 0.447. The predicted octanol–water partition coefficient (Wildman–Crippen LogP) is 8.44. The zero-order chi connectivity index (χ0) is 23.7. The molecule has 0 fully saturated rings. The van der Waals surface area contributed by atoms with Crippen LogP contribution in [-0.4, -0.2) is 5.11 Å². The molecule has 0 aromatic heterocycles. The molecule has 0 unspecified atom stereocenters. The molecular formula is C27H33N3OS. The Morgan fingerprint density at radius 2 is 1.34 bits per heavy atom. The highest BCUT2D eigenvalue weighted by Crippen LogP contribution is 2.40. The number of azo groups is 1. The van der Waals surface area contributed by atoms with E-state index in [4.69, 9.17) is 5.73 Å². The maximum absolute atomic E-state index is 10.7. The van der Waals surface area contributed by atoms with Crippen molar-refractivity contribution in [3.05, 3.63) is 71.3 Å². The van der Waals surface area contributed by atoms with Crippen LogP contribution in [-0.2, 0) is 10.8 Å². The molecule has 168 valence electrons. The predicted molar refractivity (Wildman–Crippen MR) is 136 cm³/mol. The molecule has 3 N–H and O–H groups in total. The largest absolute Gasteiger partial charge is 0.505 e. The molecule has 0 saturated carbocycles. The number of phenolic OH excluding ortho intramolecular Hbond substituents is 1. The standard InChI is InChI=1S/C27H33N3OS/c1-17-14-21(27(5,6)7)25(31)24(15-17)30-29-23-16-20(12-13-22(23)28)32-19-10-8-18(9-11-19)26(2,3)4/h8-16,31H,28H2,1-7H3. The monoisotopic (exact) mass is 447 g/mol. The lowest BCUT2D eigenvalue weighted by Gasteiger charge is -2.21. The SMILES string of the molecule is Cc1cc(N=Nc2cc(Sc3ccc(C(C)(C)C)cc3)ccc2N)c(O)c(C(C)(C)C)c1. The van der Waals surface area contributed by atoms with Crippen LogP contribution in [0.4, 0.5) is 17.1 Å². The van der Waals surface area contributed by atoms with E-state index in [9.17, 15) is 5.11 Å². The summed E-state index contributed by atoms with van der Waals surface area (Å²) in [5.41, 5.74) is 10.9. The summed E-state index contributed by atoms with van der Waals surface area (Å²) in [6.45, 7) is 14.8. The fourth-order valence-corrected chi connectivity index (χ4v) is 4.20. The smallest absolute Gasteiger partial charge is 0.146 e. The maximum atomic E-state index is 10.7. The fourth-order valence-electron chi connectivity index (χ4n) is 3.35. The number of nitrogens with two attached hydrogens (primary N) is 1. The van der Waals surface area contributed by atoms with Gasteiger partial charge in [0.05, 0.1) is 5.69 Å². The Hall–Kier alpha value is -2.79. The van der Waals surface area contributed by atoms with Gasteiger partial charge in [-0.05, 0) is 65.3 Å². The maximum Gasteiger partial charge on any atom is 0.146 e. The number of hydrogen-bond donors (Lipinski definition) is 2. The van der Waals surface area contributed by atoms with Gasteiger partial charge in [-0.2, -0.15) is 0 Å². The van der Waals surface area contributed by atoms with Gasteiger partial charge in [0, 0.05) is 15.4 Å². The van der Waals surface area contributed by atoms with Gasteiger partial charge in [0.15, 0.2) is 0 Å². The van der Waals surface area contributed by atoms with Crippen LogP contribution in [0.15, 0.2) is 74.6 Å². The summed E-state index contributed by atoms with van der Waals surface area (Å²) >= 11 is 1.66. The number of nitrogen functional groups attached to an aromatic ring is 1. The Bertz CT molecular complexity index is 1140. The van der Waals surface area contributed by atoms with Gasteiger partial charge in [-0.15, -0.1) is 10.2 Å². The molecule has 0 heterocycles. The molecular weight excluding hydrogens is 414 g/mol. The molecule has 0 atom stereocenters. The van der Waals surface area contributed by atoms with Gasteiger partial charge < -0.3 is 10.8 Å². The van der Waals surface area contributed by atoms with Crippen molar-refractivity contribution in [2.75, 3.05) is 5.73 Å². The van der Waals surface area contributed by atoms with Crippen LogP contribution in [0.5, 0.6) is 5.75 Å². The zero-order valence-electron chi connectivity index (χ0n) is 20.0. The lowest BCUT2D eigenvalue weighted by Crippen LogP contribution is -2.11. The fraction of sp³-hybridized carbons (Fsp3) is 0.333.